The number of rotatable bonds is 6. The standard InChI is InChI=1S/C13H13BrN2O3S/c1-2-19-11-5-3-4-10(13(11)16(17)18)15-8-12-9(14)6-7-20-12/h3-7,15H,2,8H2,1H3. The molecule has 0 spiro atoms. The lowest BCUT2D eigenvalue weighted by molar-refractivity contribution is -0.384. The summed E-state index contributed by atoms with van der Waals surface area (Å²) in [6.45, 7) is 2.71. The summed E-state index contributed by atoms with van der Waals surface area (Å²) in [5, 5.41) is 16.3. The molecular formula is C13H13BrN2O3S. The molecule has 1 aromatic heterocycles. The van der Waals surface area contributed by atoms with Crippen LogP contribution in [0.25, 0.3) is 0 Å². The van der Waals surface area contributed by atoms with Crippen LogP contribution in [0.1, 0.15) is 11.8 Å². The number of nitro benzene ring substituents is 1. The molecule has 1 aromatic carbocycles. The maximum absolute atomic E-state index is 11.2. The molecule has 0 aliphatic heterocycles. The fraction of sp³-hybridized carbons (Fsp3) is 0.231. The lowest BCUT2D eigenvalue weighted by Crippen LogP contribution is -2.04. The number of hydrogen-bond acceptors (Lipinski definition) is 5. The van der Waals surface area contributed by atoms with Gasteiger partial charge in [-0.3, -0.25) is 10.1 Å². The molecule has 0 saturated carbocycles. The predicted molar refractivity (Wildman–Crippen MR) is 83.6 cm³/mol. The van der Waals surface area contributed by atoms with Crippen molar-refractivity contribution in [3.05, 3.63) is 49.1 Å². The fourth-order valence-electron chi connectivity index (χ4n) is 1.75. The van der Waals surface area contributed by atoms with Crippen LogP contribution in [-0.2, 0) is 6.54 Å². The highest BCUT2D eigenvalue weighted by atomic mass is 79.9. The summed E-state index contributed by atoms with van der Waals surface area (Å²) in [6.07, 6.45) is 0. The Morgan fingerprint density at radius 3 is 2.85 bits per heavy atom. The van der Waals surface area contributed by atoms with Crippen LogP contribution in [0.15, 0.2) is 34.1 Å². The van der Waals surface area contributed by atoms with E-state index in [0.29, 0.717) is 18.8 Å². The van der Waals surface area contributed by atoms with Crippen molar-refractivity contribution in [2.24, 2.45) is 0 Å². The number of thiophene rings is 1. The number of halogens is 1. The summed E-state index contributed by atoms with van der Waals surface area (Å²) in [6, 6.07) is 6.98. The van der Waals surface area contributed by atoms with Crippen molar-refractivity contribution in [1.29, 1.82) is 0 Å². The van der Waals surface area contributed by atoms with Gasteiger partial charge in [-0.15, -0.1) is 11.3 Å². The summed E-state index contributed by atoms with van der Waals surface area (Å²) in [5.41, 5.74) is 0.434. The summed E-state index contributed by atoms with van der Waals surface area (Å²) in [7, 11) is 0. The van der Waals surface area contributed by atoms with Crippen LogP contribution in [0.5, 0.6) is 5.75 Å². The zero-order chi connectivity index (χ0) is 14.5. The van der Waals surface area contributed by atoms with Gasteiger partial charge in [0.1, 0.15) is 5.69 Å². The smallest absolute Gasteiger partial charge is 0.333 e. The average Bonchev–Trinajstić information content (AvgIpc) is 2.82. The minimum atomic E-state index is -0.420. The molecule has 0 fully saturated rings. The third-order valence-electron chi connectivity index (χ3n) is 2.61. The van der Waals surface area contributed by atoms with Crippen LogP contribution in [-0.4, -0.2) is 11.5 Å². The lowest BCUT2D eigenvalue weighted by atomic mass is 10.2. The van der Waals surface area contributed by atoms with Crippen LogP contribution < -0.4 is 10.1 Å². The van der Waals surface area contributed by atoms with E-state index in [-0.39, 0.29) is 11.4 Å². The maximum Gasteiger partial charge on any atom is 0.333 e. The Morgan fingerprint density at radius 1 is 1.45 bits per heavy atom. The first-order valence-corrected chi connectivity index (χ1v) is 7.66. The summed E-state index contributed by atoms with van der Waals surface area (Å²) < 4.78 is 6.31. The van der Waals surface area contributed by atoms with Crippen LogP contribution in [0, 0.1) is 10.1 Å². The van der Waals surface area contributed by atoms with Crippen LogP contribution in [0.3, 0.4) is 0 Å². The molecule has 0 atom stereocenters. The van der Waals surface area contributed by atoms with Gasteiger partial charge >= 0.3 is 5.69 Å². The number of nitro groups is 1. The van der Waals surface area contributed by atoms with E-state index in [2.05, 4.69) is 21.2 Å². The largest absolute Gasteiger partial charge is 0.487 e. The van der Waals surface area contributed by atoms with E-state index in [0.717, 1.165) is 9.35 Å². The number of nitrogens with zero attached hydrogens (tertiary/aromatic N) is 1. The first kappa shape index (κ1) is 14.8. The number of anilines is 1. The highest BCUT2D eigenvalue weighted by Gasteiger charge is 2.20. The first-order chi connectivity index (χ1) is 9.63. The van der Waals surface area contributed by atoms with Gasteiger partial charge in [0.25, 0.3) is 0 Å². The maximum atomic E-state index is 11.2. The molecule has 0 saturated heterocycles. The van der Waals surface area contributed by atoms with E-state index in [1.807, 2.05) is 11.4 Å². The molecule has 106 valence electrons. The Morgan fingerprint density at radius 2 is 2.25 bits per heavy atom. The molecule has 0 bridgehead atoms. The minimum Gasteiger partial charge on any atom is -0.487 e. The zero-order valence-electron chi connectivity index (χ0n) is 10.8. The Hall–Kier alpha value is -1.60. The highest BCUT2D eigenvalue weighted by molar-refractivity contribution is 9.10. The molecule has 7 heteroatoms. The van der Waals surface area contributed by atoms with Gasteiger partial charge in [-0.25, -0.2) is 0 Å². The molecule has 1 N–H and O–H groups in total. The first-order valence-electron chi connectivity index (χ1n) is 5.99. The summed E-state index contributed by atoms with van der Waals surface area (Å²) >= 11 is 5.03. The number of nitrogens with one attached hydrogen (secondary N) is 1. The van der Waals surface area contributed by atoms with Crippen LogP contribution in [0.4, 0.5) is 11.4 Å². The number of ether oxygens (including phenoxy) is 1. The Kier molecular flexibility index (Phi) is 4.97. The predicted octanol–water partition coefficient (Wildman–Crippen LogP) is 4.43. The van der Waals surface area contributed by atoms with E-state index in [9.17, 15) is 10.1 Å². The van der Waals surface area contributed by atoms with Gasteiger partial charge in [0.15, 0.2) is 5.75 Å². The molecule has 0 unspecified atom stereocenters. The van der Waals surface area contributed by atoms with Crippen LogP contribution in [0.2, 0.25) is 0 Å². The third kappa shape index (κ3) is 3.29. The average molecular weight is 357 g/mol. The van der Waals surface area contributed by atoms with E-state index >= 15 is 0 Å². The molecular weight excluding hydrogens is 344 g/mol. The number of benzene rings is 1. The van der Waals surface area contributed by atoms with E-state index in [4.69, 9.17) is 4.74 Å². The molecule has 0 aliphatic carbocycles. The SMILES string of the molecule is CCOc1cccc(NCc2sccc2Br)c1[N+](=O)[O-]. The van der Waals surface area contributed by atoms with Crippen molar-refractivity contribution >= 4 is 38.6 Å². The molecule has 0 aliphatic rings. The molecule has 0 radical (unpaired) electrons. The third-order valence-corrected chi connectivity index (χ3v) is 4.54. The van der Waals surface area contributed by atoms with Crippen molar-refractivity contribution < 1.29 is 9.66 Å². The van der Waals surface area contributed by atoms with Crippen LogP contribution >= 0.6 is 27.3 Å². The summed E-state index contributed by atoms with van der Waals surface area (Å²) in [5.74, 6) is 0.285. The highest BCUT2D eigenvalue weighted by Crippen LogP contribution is 2.35. The van der Waals surface area contributed by atoms with Gasteiger partial charge in [0, 0.05) is 9.35 Å². The van der Waals surface area contributed by atoms with Gasteiger partial charge in [-0.1, -0.05) is 6.07 Å². The van der Waals surface area contributed by atoms with Gasteiger partial charge in [-0.2, -0.15) is 0 Å². The lowest BCUT2D eigenvalue weighted by Gasteiger charge is -2.10. The van der Waals surface area contributed by atoms with Gasteiger partial charge in [0.2, 0.25) is 0 Å². The second-order valence-corrected chi connectivity index (χ2v) is 5.74. The molecule has 2 rings (SSSR count). The molecule has 1 heterocycles. The van der Waals surface area contributed by atoms with Gasteiger partial charge < -0.3 is 10.1 Å². The van der Waals surface area contributed by atoms with Crippen molar-refractivity contribution in [3.8, 4) is 5.75 Å². The van der Waals surface area contributed by atoms with E-state index in [1.54, 1.807) is 36.5 Å². The normalized spacial score (nSPS) is 10.3. The molecule has 0 amide bonds. The van der Waals surface area contributed by atoms with Crippen molar-refractivity contribution in [2.45, 2.75) is 13.5 Å². The minimum absolute atomic E-state index is 0.0259. The number of hydrogen-bond donors (Lipinski definition) is 1. The zero-order valence-corrected chi connectivity index (χ0v) is 13.2. The quantitative estimate of drug-likeness (QED) is 0.614. The Bertz CT molecular complexity index is 615. The molecule has 20 heavy (non-hydrogen) atoms. The van der Waals surface area contributed by atoms with E-state index in [1.165, 1.54) is 0 Å². The van der Waals surface area contributed by atoms with Crippen molar-refractivity contribution in [1.82, 2.24) is 0 Å². The fourth-order valence-corrected chi connectivity index (χ4v) is 3.18. The monoisotopic (exact) mass is 356 g/mol. The number of para-hydroxylation sites is 1. The van der Waals surface area contributed by atoms with Gasteiger partial charge in [-0.05, 0) is 46.4 Å². The molecule has 5 nitrogen and oxygen atoms in total. The van der Waals surface area contributed by atoms with E-state index < -0.39 is 4.92 Å². The second-order valence-electron chi connectivity index (χ2n) is 3.89. The van der Waals surface area contributed by atoms with Crippen molar-refractivity contribution in [3.63, 3.8) is 0 Å². The Labute approximate surface area is 128 Å². The summed E-state index contributed by atoms with van der Waals surface area (Å²) in [4.78, 5) is 11.9. The van der Waals surface area contributed by atoms with Gasteiger partial charge in [0.05, 0.1) is 18.1 Å². The topological polar surface area (TPSA) is 64.4 Å². The molecule has 2 aromatic rings. The Balaban J connectivity index is 2.24. The van der Waals surface area contributed by atoms with Crippen molar-refractivity contribution in [2.75, 3.05) is 11.9 Å². The second kappa shape index (κ2) is 6.71.